The van der Waals surface area contributed by atoms with Gasteiger partial charge in [-0.2, -0.15) is 23.3 Å². The number of allylic oxidation sites excluding steroid dienone is 3. The Morgan fingerprint density at radius 3 is 2.75 bits per heavy atom. The predicted octanol–water partition coefficient (Wildman–Crippen LogP) is 1.39. The number of nitrogens with one attached hydrogen (secondary N) is 1. The minimum atomic E-state index is -0.685. The SMILES string of the molecule is [CH-]=C(/C(=C\[C-]=C(C)C=[N-])C(=O)Nc1nnc(OCC2CCC(O)CC2)s1)c1c(F)cccc1OC.[Li+]. The van der Waals surface area contributed by atoms with E-state index in [1.165, 1.54) is 31.4 Å². The number of ether oxygens (including phenoxy) is 2. The molecule has 1 saturated carbocycles. The first kappa shape index (κ1) is 29.5. The van der Waals surface area contributed by atoms with E-state index >= 15 is 0 Å². The van der Waals surface area contributed by atoms with Crippen molar-refractivity contribution in [3.63, 3.8) is 0 Å². The van der Waals surface area contributed by atoms with E-state index in [9.17, 15) is 14.3 Å². The van der Waals surface area contributed by atoms with Gasteiger partial charge in [0.1, 0.15) is 0 Å². The first-order valence-electron chi connectivity index (χ1n) is 11.0. The summed E-state index contributed by atoms with van der Waals surface area (Å²) in [4.78, 5) is 13.1. The van der Waals surface area contributed by atoms with Crippen molar-refractivity contribution in [2.75, 3.05) is 19.0 Å². The molecule has 1 fully saturated rings. The number of amides is 1. The number of rotatable bonds is 10. The van der Waals surface area contributed by atoms with E-state index in [1.54, 1.807) is 6.92 Å². The Bertz CT molecular complexity index is 1140. The van der Waals surface area contributed by atoms with Gasteiger partial charge in [0.2, 0.25) is 11.0 Å². The average molecular weight is 505 g/mol. The van der Waals surface area contributed by atoms with Gasteiger partial charge in [-0.25, -0.2) is 11.0 Å². The number of methoxy groups -OCH3 is 1. The van der Waals surface area contributed by atoms with E-state index in [0.717, 1.165) is 43.2 Å². The van der Waals surface area contributed by atoms with Crippen molar-refractivity contribution in [2.24, 2.45) is 5.92 Å². The molecule has 0 atom stereocenters. The Labute approximate surface area is 226 Å². The van der Waals surface area contributed by atoms with Crippen LogP contribution in [0.1, 0.15) is 38.2 Å². The second-order valence-electron chi connectivity index (χ2n) is 8.06. The third kappa shape index (κ3) is 7.87. The Balaban J connectivity index is 0.00000456. The molecule has 36 heavy (non-hydrogen) atoms. The molecule has 1 aliphatic carbocycles. The number of carbonyl (C=O) groups excluding carboxylic acids is 1. The molecule has 2 aromatic rings. The summed E-state index contributed by atoms with van der Waals surface area (Å²) < 4.78 is 25.5. The molecule has 0 spiro atoms. The molecule has 1 aromatic carbocycles. The summed E-state index contributed by atoms with van der Waals surface area (Å²) in [5, 5.41) is 29.7. The zero-order valence-electron chi connectivity index (χ0n) is 20.5. The summed E-state index contributed by atoms with van der Waals surface area (Å²) in [6.45, 7) is 8.23. The van der Waals surface area contributed by atoms with Gasteiger partial charge in [0, 0.05) is 0 Å². The third-order valence-electron chi connectivity index (χ3n) is 5.52. The number of aliphatic hydroxyl groups excluding tert-OH is 1. The number of aromatic nitrogens is 2. The van der Waals surface area contributed by atoms with Crippen LogP contribution in [0.15, 0.2) is 35.4 Å². The topological polar surface area (TPSA) is 116 Å². The molecule has 1 heterocycles. The van der Waals surface area contributed by atoms with E-state index in [-0.39, 0.29) is 52.6 Å². The van der Waals surface area contributed by atoms with E-state index in [0.29, 0.717) is 23.3 Å². The summed E-state index contributed by atoms with van der Waals surface area (Å²) in [6, 6.07) is 4.19. The zero-order valence-corrected chi connectivity index (χ0v) is 21.3. The van der Waals surface area contributed by atoms with E-state index in [4.69, 9.17) is 21.5 Å². The van der Waals surface area contributed by atoms with Gasteiger partial charge in [-0.15, -0.1) is 5.10 Å². The Morgan fingerprint density at radius 2 is 2.08 bits per heavy atom. The molecule has 2 N–H and O–H groups in total. The first-order chi connectivity index (χ1) is 16.8. The maximum atomic E-state index is 14.6. The van der Waals surface area contributed by atoms with Gasteiger partial charge >= 0.3 is 18.9 Å². The van der Waals surface area contributed by atoms with Gasteiger partial charge in [0.15, 0.2) is 0 Å². The Kier molecular flexibility index (Phi) is 11.5. The molecule has 1 amide bonds. The Morgan fingerprint density at radius 1 is 1.36 bits per heavy atom. The molecule has 0 saturated heterocycles. The molecule has 1 aromatic heterocycles. The fourth-order valence-electron chi connectivity index (χ4n) is 3.54. The second kappa shape index (κ2) is 14.1. The number of nitrogens with zero attached hydrogens (tertiary/aromatic N) is 3. The largest absolute Gasteiger partial charge is 1.00 e. The van der Waals surface area contributed by atoms with Crippen LogP contribution in [0.3, 0.4) is 0 Å². The summed E-state index contributed by atoms with van der Waals surface area (Å²) in [6.07, 6.45) is 7.80. The predicted molar refractivity (Wildman–Crippen MR) is 133 cm³/mol. The van der Waals surface area contributed by atoms with Crippen LogP contribution in [0, 0.1) is 24.4 Å². The van der Waals surface area contributed by atoms with Gasteiger partial charge in [0.25, 0.3) is 5.19 Å². The fourth-order valence-corrected chi connectivity index (χ4v) is 4.14. The third-order valence-corrected chi connectivity index (χ3v) is 6.27. The van der Waals surface area contributed by atoms with E-state index in [1.807, 2.05) is 0 Å². The first-order valence-corrected chi connectivity index (χ1v) is 11.8. The maximum Gasteiger partial charge on any atom is 1.00 e. The smallest absolute Gasteiger partial charge is 0.878 e. The number of aliphatic hydroxyl groups is 1. The van der Waals surface area contributed by atoms with Crippen molar-refractivity contribution in [3.8, 4) is 10.9 Å². The second-order valence-corrected chi connectivity index (χ2v) is 9.00. The summed E-state index contributed by atoms with van der Waals surface area (Å²) in [7, 11) is 1.37. The van der Waals surface area contributed by atoms with Gasteiger partial charge in [-0.1, -0.05) is 29.2 Å². The normalized spacial score (nSPS) is 18.1. The molecule has 0 unspecified atom stereocenters. The van der Waals surface area contributed by atoms with Crippen LogP contribution in [-0.2, 0) is 4.79 Å². The van der Waals surface area contributed by atoms with Gasteiger partial charge in [-0.05, 0) is 55.1 Å². The van der Waals surface area contributed by atoms with Crippen molar-refractivity contribution in [1.29, 1.82) is 0 Å². The summed E-state index contributed by atoms with van der Waals surface area (Å²) >= 11 is 1.04. The minimum absolute atomic E-state index is 0. The van der Waals surface area contributed by atoms with Gasteiger partial charge in [-0.3, -0.25) is 4.79 Å². The molecule has 11 heteroatoms. The average Bonchev–Trinajstić information content (AvgIpc) is 3.30. The van der Waals surface area contributed by atoms with Gasteiger partial charge < -0.3 is 31.5 Å². The zero-order chi connectivity index (χ0) is 25.4. The van der Waals surface area contributed by atoms with Crippen molar-refractivity contribution in [1.82, 2.24) is 10.2 Å². The number of benzene rings is 1. The van der Waals surface area contributed by atoms with Crippen LogP contribution in [0.2, 0.25) is 0 Å². The number of hydrogen-bond donors (Lipinski definition) is 2. The number of carbonyl (C=O) groups is 1. The number of halogens is 1. The minimum Gasteiger partial charge on any atom is -0.878 e. The van der Waals surface area contributed by atoms with Crippen molar-refractivity contribution in [2.45, 2.75) is 38.7 Å². The standard InChI is InChI=1S/C25H26FN4O4S.Li/c1-15(13-27)7-12-19(16(2)22-20(26)5-4-6-21(22)33-3)23(32)28-24-29-30-25(35-24)34-14-17-8-10-18(31)11-9-17;/h2,4-6,12-13,17-18,31H,8-11,14H2,1,3H3,(H,28,29,32);/q-3;+1/b19-12+;. The fraction of sp³-hybridized carbons (Fsp3) is 0.360. The Hall–Kier alpha value is -2.77. The summed E-state index contributed by atoms with van der Waals surface area (Å²) in [5.41, 5.74) is -0.0580. The molecule has 1 aliphatic rings. The van der Waals surface area contributed by atoms with Crippen LogP contribution in [0.5, 0.6) is 10.9 Å². The quantitative estimate of drug-likeness (QED) is 0.166. The number of hydrogen-bond acceptors (Lipinski definition) is 7. The van der Waals surface area contributed by atoms with Crippen molar-refractivity contribution >= 4 is 34.2 Å². The molecule has 8 nitrogen and oxygen atoms in total. The van der Waals surface area contributed by atoms with E-state index < -0.39 is 11.7 Å². The molecular formula is C25H26FLiN4O4S-2. The molecule has 0 radical (unpaired) electrons. The number of anilines is 1. The molecular weight excluding hydrogens is 478 g/mol. The molecule has 186 valence electrons. The van der Waals surface area contributed by atoms with E-state index in [2.05, 4.69) is 21.6 Å². The van der Waals surface area contributed by atoms with Crippen LogP contribution in [-0.4, -0.2) is 47.2 Å². The van der Waals surface area contributed by atoms with Crippen LogP contribution in [0.4, 0.5) is 9.52 Å². The van der Waals surface area contributed by atoms with Crippen LogP contribution < -0.4 is 33.7 Å². The van der Waals surface area contributed by atoms with Gasteiger partial charge in [0.05, 0.1) is 31.4 Å². The molecule has 0 aliphatic heterocycles. The van der Waals surface area contributed by atoms with Crippen molar-refractivity contribution in [3.05, 3.63) is 64.9 Å². The molecule has 0 bridgehead atoms. The maximum absolute atomic E-state index is 14.6. The monoisotopic (exact) mass is 504 g/mol. The van der Waals surface area contributed by atoms with Crippen molar-refractivity contribution < 1.29 is 42.6 Å². The molecule has 3 rings (SSSR count). The summed E-state index contributed by atoms with van der Waals surface area (Å²) in [5.74, 6) is -0.877. The van der Waals surface area contributed by atoms with Crippen LogP contribution >= 0.6 is 11.3 Å². The van der Waals surface area contributed by atoms with Crippen LogP contribution in [0.25, 0.3) is 11.0 Å².